The summed E-state index contributed by atoms with van der Waals surface area (Å²) in [5.41, 5.74) is 1.80. The average molecular weight is 328 g/mol. The number of anilines is 2. The molecule has 0 aliphatic rings. The Morgan fingerprint density at radius 1 is 1.12 bits per heavy atom. The highest BCUT2D eigenvalue weighted by Gasteiger charge is 2.11. The summed E-state index contributed by atoms with van der Waals surface area (Å²) in [6, 6.07) is 7.51. The Bertz CT molecular complexity index is 670. The fraction of sp³-hybridized carbons (Fsp3) is 0.294. The van der Waals surface area contributed by atoms with Crippen molar-refractivity contribution in [3.8, 4) is 0 Å². The van der Waals surface area contributed by atoms with Crippen LogP contribution < -0.4 is 10.2 Å². The highest BCUT2D eigenvalue weighted by Crippen LogP contribution is 2.17. The number of esters is 1. The zero-order valence-corrected chi connectivity index (χ0v) is 13.7. The zero-order valence-electron chi connectivity index (χ0n) is 13.7. The largest absolute Gasteiger partial charge is 0.451 e. The molecule has 0 radical (unpaired) electrons. The van der Waals surface area contributed by atoms with Crippen LogP contribution in [0.3, 0.4) is 0 Å². The molecular weight excluding hydrogens is 308 g/mol. The SMILES string of the molecule is CCN(CC)c1ccc(NC(=O)COC(=O)c2cnccn2)cc1. The molecule has 0 spiro atoms. The Kier molecular flexibility index (Phi) is 6.24. The first-order valence-electron chi connectivity index (χ1n) is 7.72. The third-order valence-corrected chi connectivity index (χ3v) is 3.39. The number of nitrogens with zero attached hydrogens (tertiary/aromatic N) is 3. The minimum atomic E-state index is -0.685. The minimum absolute atomic E-state index is 0.0638. The van der Waals surface area contributed by atoms with Crippen molar-refractivity contribution >= 4 is 23.3 Å². The van der Waals surface area contributed by atoms with Crippen LogP contribution in [-0.4, -0.2) is 41.5 Å². The summed E-state index contributed by atoms with van der Waals surface area (Å²) in [5, 5.41) is 2.68. The normalized spacial score (nSPS) is 10.1. The van der Waals surface area contributed by atoms with Crippen LogP contribution in [0.4, 0.5) is 11.4 Å². The van der Waals surface area contributed by atoms with Crippen molar-refractivity contribution in [2.75, 3.05) is 29.9 Å². The fourth-order valence-electron chi connectivity index (χ4n) is 2.15. The summed E-state index contributed by atoms with van der Waals surface area (Å²) in [5.74, 6) is -1.10. The number of ether oxygens (including phenoxy) is 1. The molecule has 1 heterocycles. The van der Waals surface area contributed by atoms with Crippen molar-refractivity contribution < 1.29 is 14.3 Å². The molecule has 1 aromatic carbocycles. The third-order valence-electron chi connectivity index (χ3n) is 3.39. The molecule has 0 unspecified atom stereocenters. The maximum absolute atomic E-state index is 11.8. The van der Waals surface area contributed by atoms with Crippen LogP contribution in [0.15, 0.2) is 42.9 Å². The van der Waals surface area contributed by atoms with Crippen molar-refractivity contribution in [2.45, 2.75) is 13.8 Å². The topological polar surface area (TPSA) is 84.4 Å². The van der Waals surface area contributed by atoms with E-state index < -0.39 is 11.9 Å². The molecule has 1 aromatic heterocycles. The minimum Gasteiger partial charge on any atom is -0.451 e. The molecule has 24 heavy (non-hydrogen) atoms. The van der Waals surface area contributed by atoms with Crippen LogP contribution in [0, 0.1) is 0 Å². The van der Waals surface area contributed by atoms with Gasteiger partial charge in [0.1, 0.15) is 0 Å². The number of hydrogen-bond donors (Lipinski definition) is 1. The van der Waals surface area contributed by atoms with E-state index in [1.807, 2.05) is 24.3 Å². The average Bonchev–Trinajstić information content (AvgIpc) is 2.63. The van der Waals surface area contributed by atoms with Crippen LogP contribution in [0.2, 0.25) is 0 Å². The van der Waals surface area contributed by atoms with Crippen molar-refractivity contribution in [1.82, 2.24) is 9.97 Å². The number of nitrogens with one attached hydrogen (secondary N) is 1. The zero-order chi connectivity index (χ0) is 17.4. The second kappa shape index (κ2) is 8.61. The Balaban J connectivity index is 1.85. The van der Waals surface area contributed by atoms with Crippen LogP contribution in [0.5, 0.6) is 0 Å². The Morgan fingerprint density at radius 3 is 2.42 bits per heavy atom. The van der Waals surface area contributed by atoms with Crippen LogP contribution >= 0.6 is 0 Å². The summed E-state index contributed by atoms with van der Waals surface area (Å²) >= 11 is 0. The Hall–Kier alpha value is -2.96. The lowest BCUT2D eigenvalue weighted by atomic mass is 10.2. The highest BCUT2D eigenvalue weighted by atomic mass is 16.5. The number of benzene rings is 1. The van der Waals surface area contributed by atoms with Gasteiger partial charge in [-0.1, -0.05) is 0 Å². The predicted molar refractivity (Wildman–Crippen MR) is 90.9 cm³/mol. The Morgan fingerprint density at radius 2 is 1.83 bits per heavy atom. The van der Waals surface area contributed by atoms with Crippen LogP contribution in [0.1, 0.15) is 24.3 Å². The summed E-state index contributed by atoms with van der Waals surface area (Å²) < 4.78 is 4.90. The number of aromatic nitrogens is 2. The maximum atomic E-state index is 11.8. The molecule has 0 saturated carbocycles. The van der Waals surface area contributed by atoms with E-state index in [1.54, 1.807) is 0 Å². The van der Waals surface area contributed by atoms with E-state index in [4.69, 9.17) is 4.74 Å². The van der Waals surface area contributed by atoms with E-state index in [-0.39, 0.29) is 12.3 Å². The molecule has 2 aromatic rings. The van der Waals surface area contributed by atoms with Crippen LogP contribution in [-0.2, 0) is 9.53 Å². The monoisotopic (exact) mass is 328 g/mol. The summed E-state index contributed by atoms with van der Waals surface area (Å²) in [7, 11) is 0. The van der Waals surface area contributed by atoms with Gasteiger partial charge in [-0.25, -0.2) is 9.78 Å². The van der Waals surface area contributed by atoms with Gasteiger partial charge < -0.3 is 15.0 Å². The number of hydrogen-bond acceptors (Lipinski definition) is 6. The van der Waals surface area contributed by atoms with Crippen molar-refractivity contribution in [3.63, 3.8) is 0 Å². The van der Waals surface area contributed by atoms with Gasteiger partial charge in [-0.15, -0.1) is 0 Å². The maximum Gasteiger partial charge on any atom is 0.359 e. The molecule has 7 heteroatoms. The standard InChI is InChI=1S/C17H20N4O3/c1-3-21(4-2)14-7-5-13(6-8-14)20-16(22)12-24-17(23)15-11-18-9-10-19-15/h5-11H,3-4,12H2,1-2H3,(H,20,22). The van der Waals surface area contributed by atoms with Gasteiger partial charge in [0.2, 0.25) is 0 Å². The van der Waals surface area contributed by atoms with Gasteiger partial charge in [-0.3, -0.25) is 9.78 Å². The number of rotatable bonds is 7. The Labute approximate surface area is 140 Å². The van der Waals surface area contributed by atoms with E-state index in [9.17, 15) is 9.59 Å². The molecule has 0 aliphatic heterocycles. The first-order valence-corrected chi connectivity index (χ1v) is 7.72. The van der Waals surface area contributed by atoms with Crippen molar-refractivity contribution in [2.24, 2.45) is 0 Å². The molecule has 0 atom stereocenters. The molecule has 0 fully saturated rings. The van der Waals surface area contributed by atoms with Gasteiger partial charge in [0, 0.05) is 36.9 Å². The van der Waals surface area contributed by atoms with E-state index in [1.165, 1.54) is 18.6 Å². The van der Waals surface area contributed by atoms with E-state index in [0.717, 1.165) is 18.8 Å². The quantitative estimate of drug-likeness (QED) is 0.784. The molecule has 0 saturated heterocycles. The highest BCUT2D eigenvalue weighted by molar-refractivity contribution is 5.94. The molecule has 126 valence electrons. The van der Waals surface area contributed by atoms with E-state index >= 15 is 0 Å². The number of carbonyl (C=O) groups excluding carboxylic acids is 2. The van der Waals surface area contributed by atoms with Gasteiger partial charge in [-0.2, -0.15) is 0 Å². The summed E-state index contributed by atoms with van der Waals surface area (Å²) in [6.45, 7) is 5.63. The molecule has 0 aliphatic carbocycles. The third kappa shape index (κ3) is 4.77. The molecule has 1 amide bonds. The lowest BCUT2D eigenvalue weighted by Gasteiger charge is -2.21. The van der Waals surface area contributed by atoms with Crippen LogP contribution in [0.25, 0.3) is 0 Å². The van der Waals surface area contributed by atoms with Crippen molar-refractivity contribution in [1.29, 1.82) is 0 Å². The van der Waals surface area contributed by atoms with Gasteiger partial charge in [-0.05, 0) is 38.1 Å². The fourth-order valence-corrected chi connectivity index (χ4v) is 2.15. The predicted octanol–water partition coefficient (Wildman–Crippen LogP) is 2.12. The first kappa shape index (κ1) is 17.4. The van der Waals surface area contributed by atoms with E-state index in [2.05, 4.69) is 34.0 Å². The lowest BCUT2D eigenvalue weighted by molar-refractivity contribution is -0.119. The second-order valence-electron chi connectivity index (χ2n) is 4.93. The molecule has 1 N–H and O–H groups in total. The smallest absolute Gasteiger partial charge is 0.359 e. The molecule has 7 nitrogen and oxygen atoms in total. The van der Waals surface area contributed by atoms with Crippen molar-refractivity contribution in [3.05, 3.63) is 48.5 Å². The summed E-state index contributed by atoms with van der Waals surface area (Å²) in [4.78, 5) is 33.3. The summed E-state index contributed by atoms with van der Waals surface area (Å²) in [6.07, 6.45) is 4.12. The van der Waals surface area contributed by atoms with Gasteiger partial charge >= 0.3 is 5.97 Å². The van der Waals surface area contributed by atoms with Gasteiger partial charge in [0.25, 0.3) is 5.91 Å². The van der Waals surface area contributed by atoms with Gasteiger partial charge in [0.15, 0.2) is 12.3 Å². The number of carbonyl (C=O) groups is 2. The molecular formula is C17H20N4O3. The van der Waals surface area contributed by atoms with Gasteiger partial charge in [0.05, 0.1) is 6.20 Å². The first-order chi connectivity index (χ1) is 11.6. The number of amides is 1. The molecule has 2 rings (SSSR count). The van der Waals surface area contributed by atoms with E-state index in [0.29, 0.717) is 5.69 Å². The molecule has 0 bridgehead atoms. The lowest BCUT2D eigenvalue weighted by Crippen LogP contribution is -2.22. The second-order valence-corrected chi connectivity index (χ2v) is 4.93.